The zero-order valence-electron chi connectivity index (χ0n) is 17.6. The van der Waals surface area contributed by atoms with E-state index in [9.17, 15) is 4.79 Å². The molecule has 0 radical (unpaired) electrons. The Balaban J connectivity index is 1.36. The minimum atomic E-state index is -0.0176. The largest absolute Gasteiger partial charge is 0.495 e. The molecule has 0 saturated carbocycles. The maximum absolute atomic E-state index is 12.5. The first-order chi connectivity index (χ1) is 14.9. The predicted octanol–water partition coefficient (Wildman–Crippen LogP) is 4.43. The van der Waals surface area contributed by atoms with Crippen molar-refractivity contribution < 1.29 is 14.1 Å². The van der Waals surface area contributed by atoms with E-state index in [2.05, 4.69) is 34.2 Å². The lowest BCUT2D eigenvalue weighted by atomic mass is 10.1. The van der Waals surface area contributed by atoms with Gasteiger partial charge in [0.25, 0.3) is 5.89 Å². The number of nitrogens with zero attached hydrogens (tertiary/aromatic N) is 3. The summed E-state index contributed by atoms with van der Waals surface area (Å²) in [5.74, 6) is 1.56. The van der Waals surface area contributed by atoms with Gasteiger partial charge in [-0.25, -0.2) is 0 Å². The summed E-state index contributed by atoms with van der Waals surface area (Å²) < 4.78 is 10.6. The molecule has 2 aromatic heterocycles. The number of fused-ring (bicyclic) bond motifs is 1. The number of ether oxygens (including phenoxy) is 1. The maximum Gasteiger partial charge on any atom is 0.274 e. The monoisotopic (exact) mass is 438 g/mol. The van der Waals surface area contributed by atoms with Crippen LogP contribution in [-0.2, 0) is 17.6 Å². The smallest absolute Gasteiger partial charge is 0.274 e. The summed E-state index contributed by atoms with van der Waals surface area (Å²) in [6.07, 6.45) is 0.751. The Labute approximate surface area is 185 Å². The number of hydrogen-bond donors (Lipinski definition) is 1. The third kappa shape index (κ3) is 4.72. The number of likely N-dealkylation sites (N-methyl/N-ethyl adjacent to an activating group) is 1. The quantitative estimate of drug-likeness (QED) is 0.461. The molecule has 0 spiro atoms. The first kappa shape index (κ1) is 20.9. The molecule has 1 N–H and O–H groups in total. The second-order valence-corrected chi connectivity index (χ2v) is 7.91. The molecule has 8 heteroatoms. The van der Waals surface area contributed by atoms with Gasteiger partial charge in [-0.15, -0.1) is 0 Å². The molecule has 160 valence electrons. The first-order valence-corrected chi connectivity index (χ1v) is 10.3. The van der Waals surface area contributed by atoms with Gasteiger partial charge in [0.2, 0.25) is 5.91 Å². The van der Waals surface area contributed by atoms with Gasteiger partial charge in [0.05, 0.1) is 18.6 Å². The van der Waals surface area contributed by atoms with Gasteiger partial charge >= 0.3 is 0 Å². The molecule has 0 aliphatic rings. The summed E-state index contributed by atoms with van der Waals surface area (Å²) in [6, 6.07) is 13.5. The number of carbonyl (C=O) groups excluding carboxylic acids is 1. The first-order valence-electron chi connectivity index (χ1n) is 9.91. The van der Waals surface area contributed by atoms with E-state index in [1.54, 1.807) is 31.2 Å². The van der Waals surface area contributed by atoms with Crippen LogP contribution in [0.25, 0.3) is 22.5 Å². The van der Waals surface area contributed by atoms with Crippen molar-refractivity contribution >= 4 is 28.4 Å². The summed E-state index contributed by atoms with van der Waals surface area (Å²) >= 11 is 6.14. The Kier molecular flexibility index (Phi) is 5.95. The highest BCUT2D eigenvalue weighted by atomic mass is 35.5. The minimum Gasteiger partial charge on any atom is -0.495 e. The second-order valence-electron chi connectivity index (χ2n) is 7.50. The lowest BCUT2D eigenvalue weighted by Crippen LogP contribution is -2.30. The summed E-state index contributed by atoms with van der Waals surface area (Å²) in [6.45, 7) is 2.53. The van der Waals surface area contributed by atoms with Crippen molar-refractivity contribution in [2.45, 2.75) is 19.8 Å². The van der Waals surface area contributed by atoms with Crippen molar-refractivity contribution in [3.63, 3.8) is 0 Å². The molecule has 4 rings (SSSR count). The van der Waals surface area contributed by atoms with Gasteiger partial charge in [-0.3, -0.25) is 4.79 Å². The van der Waals surface area contributed by atoms with E-state index in [1.165, 1.54) is 5.56 Å². The van der Waals surface area contributed by atoms with Crippen LogP contribution in [0, 0.1) is 6.92 Å². The average Bonchev–Trinajstić information content (AvgIpc) is 3.38. The standard InChI is InChI=1S/C23H23ClN4O3/c1-14-4-6-18-16(10-14)13-19(25-18)23-26-21(27-31-23)8-9-28(2)22(29)12-15-5-7-20(30-3)17(24)11-15/h4-7,10-11,13,25H,8-9,12H2,1-3H3. The van der Waals surface area contributed by atoms with Crippen LogP contribution in [0.3, 0.4) is 0 Å². The van der Waals surface area contributed by atoms with Gasteiger partial charge < -0.3 is 19.1 Å². The zero-order chi connectivity index (χ0) is 22.0. The number of carbonyl (C=O) groups is 1. The number of rotatable bonds is 7. The number of amides is 1. The average molecular weight is 439 g/mol. The Bertz CT molecular complexity index is 1230. The third-order valence-corrected chi connectivity index (χ3v) is 5.44. The van der Waals surface area contributed by atoms with Crippen LogP contribution in [0.5, 0.6) is 5.75 Å². The summed E-state index contributed by atoms with van der Waals surface area (Å²) in [4.78, 5) is 21.9. The molecule has 2 aromatic carbocycles. The minimum absolute atomic E-state index is 0.0176. The summed E-state index contributed by atoms with van der Waals surface area (Å²) in [5.41, 5.74) is 3.82. The fourth-order valence-corrected chi connectivity index (χ4v) is 3.63. The van der Waals surface area contributed by atoms with Gasteiger partial charge in [-0.2, -0.15) is 4.98 Å². The molecular weight excluding hydrogens is 416 g/mol. The number of aryl methyl sites for hydroxylation is 1. The van der Waals surface area contributed by atoms with Crippen molar-refractivity contribution in [3.8, 4) is 17.3 Å². The van der Waals surface area contributed by atoms with E-state index in [0.717, 1.165) is 22.2 Å². The molecule has 0 fully saturated rings. The van der Waals surface area contributed by atoms with Crippen LogP contribution >= 0.6 is 11.6 Å². The molecule has 0 atom stereocenters. The van der Waals surface area contributed by atoms with Crippen molar-refractivity contribution in [3.05, 3.63) is 64.4 Å². The van der Waals surface area contributed by atoms with Crippen molar-refractivity contribution in [1.82, 2.24) is 20.0 Å². The van der Waals surface area contributed by atoms with E-state index >= 15 is 0 Å². The normalized spacial score (nSPS) is 11.1. The highest BCUT2D eigenvalue weighted by Gasteiger charge is 2.15. The molecule has 7 nitrogen and oxygen atoms in total. The summed E-state index contributed by atoms with van der Waals surface area (Å²) in [5, 5.41) is 5.63. The Morgan fingerprint density at radius 3 is 2.84 bits per heavy atom. The second kappa shape index (κ2) is 8.81. The number of methoxy groups -OCH3 is 1. The van der Waals surface area contributed by atoms with Crippen LogP contribution in [0.4, 0.5) is 0 Å². The Morgan fingerprint density at radius 2 is 2.06 bits per heavy atom. The van der Waals surface area contributed by atoms with Crippen molar-refractivity contribution in [2.75, 3.05) is 20.7 Å². The maximum atomic E-state index is 12.5. The van der Waals surface area contributed by atoms with E-state index < -0.39 is 0 Å². The highest BCUT2D eigenvalue weighted by Crippen LogP contribution is 2.26. The molecule has 4 aromatic rings. The zero-order valence-corrected chi connectivity index (χ0v) is 18.4. The van der Waals surface area contributed by atoms with Gasteiger partial charge in [0.15, 0.2) is 5.82 Å². The number of aromatic amines is 1. The number of hydrogen-bond acceptors (Lipinski definition) is 5. The molecule has 0 aliphatic carbocycles. The summed E-state index contributed by atoms with van der Waals surface area (Å²) in [7, 11) is 3.32. The number of benzene rings is 2. The van der Waals surface area contributed by atoms with Crippen molar-refractivity contribution in [1.29, 1.82) is 0 Å². The number of H-pyrrole nitrogens is 1. The highest BCUT2D eigenvalue weighted by molar-refractivity contribution is 6.32. The van der Waals surface area contributed by atoms with Gasteiger partial charge in [-0.05, 0) is 42.8 Å². The number of nitrogens with one attached hydrogen (secondary N) is 1. The number of aromatic nitrogens is 3. The third-order valence-electron chi connectivity index (χ3n) is 5.14. The molecule has 2 heterocycles. The molecule has 31 heavy (non-hydrogen) atoms. The van der Waals surface area contributed by atoms with Gasteiger partial charge in [-0.1, -0.05) is 34.5 Å². The lowest BCUT2D eigenvalue weighted by molar-refractivity contribution is -0.129. The Hall–Kier alpha value is -3.32. The SMILES string of the molecule is COc1ccc(CC(=O)N(C)CCc2noc(-c3cc4cc(C)ccc4[nH]3)n2)cc1Cl. The molecule has 0 saturated heterocycles. The molecule has 0 unspecified atom stereocenters. The van der Waals surface area contributed by atoms with E-state index in [4.69, 9.17) is 20.9 Å². The molecular formula is C23H23ClN4O3. The fourth-order valence-electron chi connectivity index (χ4n) is 3.35. The number of halogens is 1. The fraction of sp³-hybridized carbons (Fsp3) is 0.261. The van der Waals surface area contributed by atoms with Crippen LogP contribution in [0.1, 0.15) is 17.0 Å². The van der Waals surface area contributed by atoms with Crippen LogP contribution in [-0.4, -0.2) is 46.6 Å². The van der Waals surface area contributed by atoms with E-state index in [1.807, 2.05) is 18.2 Å². The molecule has 1 amide bonds. The Morgan fingerprint density at radius 1 is 1.23 bits per heavy atom. The topological polar surface area (TPSA) is 84.2 Å². The molecule has 0 bridgehead atoms. The molecule has 0 aliphatic heterocycles. The lowest BCUT2D eigenvalue weighted by Gasteiger charge is -2.16. The van der Waals surface area contributed by atoms with E-state index in [-0.39, 0.29) is 12.3 Å². The predicted molar refractivity (Wildman–Crippen MR) is 119 cm³/mol. The van der Waals surface area contributed by atoms with E-state index in [0.29, 0.717) is 35.5 Å². The van der Waals surface area contributed by atoms with Crippen LogP contribution < -0.4 is 4.74 Å². The van der Waals surface area contributed by atoms with Crippen LogP contribution in [0.2, 0.25) is 5.02 Å². The van der Waals surface area contributed by atoms with Gasteiger partial charge in [0.1, 0.15) is 11.4 Å². The van der Waals surface area contributed by atoms with Crippen LogP contribution in [0.15, 0.2) is 47.0 Å². The van der Waals surface area contributed by atoms with Gasteiger partial charge in [0, 0.05) is 30.9 Å². The van der Waals surface area contributed by atoms with Crippen molar-refractivity contribution in [2.24, 2.45) is 0 Å².